The molecular formula is C40H53N7O5. The van der Waals surface area contributed by atoms with E-state index < -0.39 is 23.5 Å². The van der Waals surface area contributed by atoms with Crippen LogP contribution >= 0.6 is 0 Å². The molecule has 1 saturated carbocycles. The summed E-state index contributed by atoms with van der Waals surface area (Å²) in [5.74, 6) is -1.41. The summed E-state index contributed by atoms with van der Waals surface area (Å²) in [6.07, 6.45) is 6.04. The first-order chi connectivity index (χ1) is 25.0. The van der Waals surface area contributed by atoms with Gasteiger partial charge in [-0.25, -0.2) is 0 Å². The van der Waals surface area contributed by atoms with Gasteiger partial charge >= 0.3 is 0 Å². The maximum absolute atomic E-state index is 14.4. The van der Waals surface area contributed by atoms with Gasteiger partial charge in [0.25, 0.3) is 5.91 Å². The number of nitrogens with two attached hydrogens (primary N) is 1. The van der Waals surface area contributed by atoms with Gasteiger partial charge in [0, 0.05) is 50.3 Å². The Morgan fingerprint density at radius 1 is 0.923 bits per heavy atom. The minimum Gasteiger partial charge on any atom is -0.371 e. The van der Waals surface area contributed by atoms with E-state index in [1.165, 1.54) is 0 Å². The summed E-state index contributed by atoms with van der Waals surface area (Å²) in [5, 5.41) is 10.5. The summed E-state index contributed by atoms with van der Waals surface area (Å²) < 4.78 is 7.89. The van der Waals surface area contributed by atoms with Crippen molar-refractivity contribution in [3.05, 3.63) is 89.7 Å². The normalized spacial score (nSPS) is 20.9. The average molecular weight is 712 g/mol. The van der Waals surface area contributed by atoms with Gasteiger partial charge in [0.05, 0.1) is 36.9 Å². The zero-order valence-electron chi connectivity index (χ0n) is 30.6. The Kier molecular flexibility index (Phi) is 11.4. The second kappa shape index (κ2) is 16.0. The molecule has 2 aromatic carbocycles. The fourth-order valence-corrected chi connectivity index (χ4v) is 7.61. The first-order valence-electron chi connectivity index (χ1n) is 18.6. The second-order valence-electron chi connectivity index (χ2n) is 15.6. The van der Waals surface area contributed by atoms with Crippen molar-refractivity contribution in [2.45, 2.75) is 71.8 Å². The SMILES string of the molecule is C[C@@H](OCc1ccccc1)[C@H](NC(=O)C1CN(C(=O)c2cnn(Cc3ccccc3)c2)CC12CN(C(=O)C1CC1(C)C)C2)C(=O)NCCCCCN. The van der Waals surface area contributed by atoms with Crippen molar-refractivity contribution in [3.8, 4) is 0 Å². The second-order valence-corrected chi connectivity index (χ2v) is 15.6. The van der Waals surface area contributed by atoms with Gasteiger partial charge in [0.15, 0.2) is 0 Å². The highest BCUT2D eigenvalue weighted by molar-refractivity contribution is 5.96. The standard InChI is InChI=1S/C40H53N7O5/c1-28(52-24-30-15-9-5-10-16-30)34(36(49)42-18-12-6-11-17-41)44-35(48)33-23-45(25-40(33)26-46(27-40)38(51)32-19-39(32,2)3)37(50)31-20-43-47(22-31)21-29-13-7-4-8-14-29/h4-5,7-10,13-16,20,22,28,32-34H,6,11-12,17-19,21,23-27,41H2,1-3H3,(H,42,49)(H,44,48)/t28-,32?,33?,34+/m1/s1. The van der Waals surface area contributed by atoms with E-state index in [-0.39, 0.29) is 48.1 Å². The molecule has 0 bridgehead atoms. The number of rotatable bonds is 16. The van der Waals surface area contributed by atoms with Crippen LogP contribution in [0.4, 0.5) is 0 Å². The first kappa shape index (κ1) is 37.2. The van der Waals surface area contributed by atoms with Crippen LogP contribution in [-0.2, 0) is 32.3 Å². The Hall–Kier alpha value is -4.55. The zero-order valence-corrected chi connectivity index (χ0v) is 30.6. The fourth-order valence-electron chi connectivity index (χ4n) is 7.61. The number of hydrogen-bond donors (Lipinski definition) is 3. The van der Waals surface area contributed by atoms with Crippen LogP contribution in [0.3, 0.4) is 0 Å². The highest BCUT2D eigenvalue weighted by Gasteiger charge is 2.62. The van der Waals surface area contributed by atoms with E-state index >= 15 is 0 Å². The summed E-state index contributed by atoms with van der Waals surface area (Å²) in [4.78, 5) is 58.9. The molecule has 0 radical (unpaired) electrons. The van der Waals surface area contributed by atoms with Crippen LogP contribution in [-0.4, -0.2) is 94.6 Å². The molecule has 12 nitrogen and oxygen atoms in total. The molecule has 4 N–H and O–H groups in total. The molecule has 3 heterocycles. The number of likely N-dealkylation sites (tertiary alicyclic amines) is 2. The third-order valence-electron chi connectivity index (χ3n) is 11.0. The highest BCUT2D eigenvalue weighted by Crippen LogP contribution is 2.54. The smallest absolute Gasteiger partial charge is 0.257 e. The maximum Gasteiger partial charge on any atom is 0.257 e. The van der Waals surface area contributed by atoms with Gasteiger partial charge in [-0.1, -0.05) is 80.9 Å². The van der Waals surface area contributed by atoms with Crippen molar-refractivity contribution in [2.24, 2.45) is 28.4 Å². The molecule has 2 unspecified atom stereocenters. The van der Waals surface area contributed by atoms with Crippen molar-refractivity contribution < 1.29 is 23.9 Å². The van der Waals surface area contributed by atoms with Gasteiger partial charge in [-0.3, -0.25) is 23.9 Å². The predicted octanol–water partition coefficient (Wildman–Crippen LogP) is 3.21. The molecule has 12 heteroatoms. The molecule has 278 valence electrons. The van der Waals surface area contributed by atoms with E-state index in [0.29, 0.717) is 44.8 Å². The molecule has 6 rings (SSSR count). The largest absolute Gasteiger partial charge is 0.371 e. The third kappa shape index (κ3) is 8.56. The number of carbonyl (C=O) groups excluding carboxylic acids is 4. The molecule has 2 aliphatic heterocycles. The van der Waals surface area contributed by atoms with Crippen molar-refractivity contribution in [1.29, 1.82) is 0 Å². The molecule has 3 aromatic rings. The summed E-state index contributed by atoms with van der Waals surface area (Å²) in [5.41, 5.74) is 7.44. The van der Waals surface area contributed by atoms with Crippen molar-refractivity contribution in [3.63, 3.8) is 0 Å². The minimum atomic E-state index is -0.964. The van der Waals surface area contributed by atoms with E-state index in [1.54, 1.807) is 28.9 Å². The summed E-state index contributed by atoms with van der Waals surface area (Å²) in [6, 6.07) is 18.6. The van der Waals surface area contributed by atoms with E-state index in [0.717, 1.165) is 36.8 Å². The zero-order chi connectivity index (χ0) is 36.9. The lowest BCUT2D eigenvalue weighted by atomic mass is 9.70. The van der Waals surface area contributed by atoms with Crippen LogP contribution in [0.15, 0.2) is 73.1 Å². The van der Waals surface area contributed by atoms with Gasteiger partial charge < -0.3 is 30.9 Å². The third-order valence-corrected chi connectivity index (χ3v) is 11.0. The minimum absolute atomic E-state index is 0.0189. The Bertz CT molecular complexity index is 1700. The maximum atomic E-state index is 14.4. The molecule has 4 amide bonds. The number of hydrogen-bond acceptors (Lipinski definition) is 7. The summed E-state index contributed by atoms with van der Waals surface area (Å²) >= 11 is 0. The van der Waals surface area contributed by atoms with Crippen LogP contribution in [0, 0.1) is 22.7 Å². The number of carbonyl (C=O) groups is 4. The lowest BCUT2D eigenvalue weighted by Crippen LogP contribution is -2.65. The van der Waals surface area contributed by atoms with E-state index in [9.17, 15) is 19.2 Å². The molecule has 1 aliphatic carbocycles. The highest BCUT2D eigenvalue weighted by atomic mass is 16.5. The van der Waals surface area contributed by atoms with Gasteiger partial charge in [-0.15, -0.1) is 0 Å². The monoisotopic (exact) mass is 711 g/mol. The molecule has 3 fully saturated rings. The number of amides is 4. The molecule has 2 saturated heterocycles. The summed E-state index contributed by atoms with van der Waals surface area (Å²) in [7, 11) is 0. The number of aromatic nitrogens is 2. The van der Waals surface area contributed by atoms with Crippen LogP contribution < -0.4 is 16.4 Å². The van der Waals surface area contributed by atoms with Crippen molar-refractivity contribution >= 4 is 23.6 Å². The lowest BCUT2D eigenvalue weighted by Gasteiger charge is -2.50. The Labute approximate surface area is 306 Å². The molecule has 1 spiro atoms. The summed E-state index contributed by atoms with van der Waals surface area (Å²) in [6.45, 7) is 9.09. The number of ether oxygens (including phenoxy) is 1. The number of benzene rings is 2. The molecule has 4 atom stereocenters. The van der Waals surface area contributed by atoms with Crippen molar-refractivity contribution in [2.75, 3.05) is 39.3 Å². The van der Waals surface area contributed by atoms with Crippen LogP contribution in [0.25, 0.3) is 0 Å². The van der Waals surface area contributed by atoms with Crippen LogP contribution in [0.1, 0.15) is 67.9 Å². The van der Waals surface area contributed by atoms with Gasteiger partial charge in [-0.05, 0) is 49.3 Å². The number of nitrogens with zero attached hydrogens (tertiary/aromatic N) is 4. The number of nitrogens with one attached hydrogen (secondary N) is 2. The predicted molar refractivity (Wildman–Crippen MR) is 197 cm³/mol. The molecule has 3 aliphatic rings. The Morgan fingerprint density at radius 2 is 1.58 bits per heavy atom. The Morgan fingerprint density at radius 3 is 2.23 bits per heavy atom. The molecular weight excluding hydrogens is 658 g/mol. The van der Waals surface area contributed by atoms with E-state index in [4.69, 9.17) is 10.5 Å². The topological polar surface area (TPSA) is 152 Å². The van der Waals surface area contributed by atoms with Gasteiger partial charge in [0.2, 0.25) is 17.7 Å². The van der Waals surface area contributed by atoms with Crippen molar-refractivity contribution in [1.82, 2.24) is 30.2 Å². The average Bonchev–Trinajstić information content (AvgIpc) is 3.42. The van der Waals surface area contributed by atoms with Crippen LogP contribution in [0.2, 0.25) is 0 Å². The molecule has 52 heavy (non-hydrogen) atoms. The van der Waals surface area contributed by atoms with E-state index in [2.05, 4.69) is 29.6 Å². The Balaban J connectivity index is 1.18. The first-order valence-corrected chi connectivity index (χ1v) is 18.6. The van der Waals surface area contributed by atoms with Gasteiger partial charge in [-0.2, -0.15) is 5.10 Å². The fraction of sp³-hybridized carbons (Fsp3) is 0.525. The van der Waals surface area contributed by atoms with Gasteiger partial charge in [0.1, 0.15) is 6.04 Å². The van der Waals surface area contributed by atoms with E-state index in [1.807, 2.05) is 65.6 Å². The molecule has 1 aromatic heterocycles. The quantitative estimate of drug-likeness (QED) is 0.193. The lowest BCUT2D eigenvalue weighted by molar-refractivity contribution is -0.152. The number of unbranched alkanes of at least 4 members (excludes halogenated alkanes) is 2. The van der Waals surface area contributed by atoms with Crippen LogP contribution in [0.5, 0.6) is 0 Å².